The Morgan fingerprint density at radius 2 is 1.27 bits per heavy atom. The number of rotatable bonds is 5. The van der Waals surface area contributed by atoms with Crippen LogP contribution in [0.3, 0.4) is 0 Å². The fraction of sp³-hybridized carbons (Fsp3) is 0.0227. The smallest absolute Gasteiger partial charge is 0.227 e. The maximum Gasteiger partial charge on any atom is 0.227 e. The number of aromatic nitrogens is 1. The predicted molar refractivity (Wildman–Crippen MR) is 201 cm³/mol. The Bertz CT molecular complexity index is 2640. The van der Waals surface area contributed by atoms with Gasteiger partial charge >= 0.3 is 0 Å². The van der Waals surface area contributed by atoms with Gasteiger partial charge in [0.1, 0.15) is 5.52 Å². The zero-order chi connectivity index (χ0) is 31.6. The summed E-state index contributed by atoms with van der Waals surface area (Å²) in [5, 5.41) is 2.58. The highest BCUT2D eigenvalue weighted by Crippen LogP contribution is 2.46. The Morgan fingerprint density at radius 1 is 0.562 bits per heavy atom. The zero-order valence-corrected chi connectivity index (χ0v) is 26.7. The van der Waals surface area contributed by atoms with Gasteiger partial charge in [-0.3, -0.25) is 0 Å². The van der Waals surface area contributed by atoms with Crippen LogP contribution in [-0.2, 0) is 6.42 Å². The summed E-state index contributed by atoms with van der Waals surface area (Å²) < 4.78 is 8.85. The van der Waals surface area contributed by atoms with Gasteiger partial charge in [0.25, 0.3) is 0 Å². The van der Waals surface area contributed by atoms with E-state index in [-0.39, 0.29) is 0 Å². The lowest BCUT2D eigenvalue weighted by Gasteiger charge is -2.26. The van der Waals surface area contributed by atoms with Crippen molar-refractivity contribution in [3.05, 3.63) is 169 Å². The first-order valence-electron chi connectivity index (χ1n) is 16.3. The number of thiophene rings is 1. The van der Waals surface area contributed by atoms with Gasteiger partial charge in [-0.15, -0.1) is 11.3 Å². The third-order valence-corrected chi connectivity index (χ3v) is 10.7. The third kappa shape index (κ3) is 4.30. The van der Waals surface area contributed by atoms with Crippen molar-refractivity contribution in [1.29, 1.82) is 0 Å². The molecule has 0 aliphatic heterocycles. The lowest BCUT2D eigenvalue weighted by molar-refractivity contribution is 0.620. The van der Waals surface area contributed by atoms with Gasteiger partial charge in [-0.05, 0) is 101 Å². The van der Waals surface area contributed by atoms with Crippen LogP contribution in [0.1, 0.15) is 11.1 Å². The van der Waals surface area contributed by atoms with Gasteiger partial charge < -0.3 is 9.32 Å². The molecule has 9 aromatic rings. The van der Waals surface area contributed by atoms with E-state index in [9.17, 15) is 0 Å². The predicted octanol–water partition coefficient (Wildman–Crippen LogP) is 12.6. The summed E-state index contributed by atoms with van der Waals surface area (Å²) in [6.07, 6.45) is 0.905. The molecule has 1 aliphatic carbocycles. The second-order valence-electron chi connectivity index (χ2n) is 12.3. The van der Waals surface area contributed by atoms with Crippen molar-refractivity contribution < 1.29 is 4.42 Å². The number of fused-ring (bicyclic) bond motifs is 8. The van der Waals surface area contributed by atoms with Gasteiger partial charge in [-0.1, -0.05) is 91.0 Å². The number of anilines is 3. The number of benzene rings is 7. The Labute approximate surface area is 282 Å². The Hall–Kier alpha value is -5.97. The van der Waals surface area contributed by atoms with Crippen molar-refractivity contribution in [2.75, 3.05) is 4.90 Å². The average Bonchev–Trinajstić information content (AvgIpc) is 3.86. The molecule has 10 rings (SSSR count). The lowest BCUT2D eigenvalue weighted by atomic mass is 9.97. The summed E-state index contributed by atoms with van der Waals surface area (Å²) in [5.74, 6) is 0.660. The molecular formula is C44H28N2OS. The summed E-state index contributed by atoms with van der Waals surface area (Å²) in [4.78, 5) is 7.39. The van der Waals surface area contributed by atoms with E-state index >= 15 is 0 Å². The summed E-state index contributed by atoms with van der Waals surface area (Å²) >= 11 is 1.85. The van der Waals surface area contributed by atoms with Crippen LogP contribution < -0.4 is 4.90 Å². The number of hydrogen-bond donors (Lipinski definition) is 0. The highest BCUT2D eigenvalue weighted by Gasteiger charge is 2.25. The van der Waals surface area contributed by atoms with E-state index in [1.807, 2.05) is 41.7 Å². The molecule has 0 bridgehead atoms. The van der Waals surface area contributed by atoms with Crippen molar-refractivity contribution in [2.24, 2.45) is 0 Å². The van der Waals surface area contributed by atoms with Crippen LogP contribution in [0, 0.1) is 0 Å². The molecule has 0 N–H and O–H groups in total. The molecule has 4 heteroatoms. The SMILES string of the molecule is c1ccc(-c2nc3c4c(ccc3o2)Cc2ccc(-c3ccc(N(c5ccccc5)c5cccc6sc7ccccc7c56)cc3)cc2-4)cc1. The van der Waals surface area contributed by atoms with Gasteiger partial charge in [-0.2, -0.15) is 0 Å². The molecule has 0 fully saturated rings. The molecule has 2 aromatic heterocycles. The zero-order valence-electron chi connectivity index (χ0n) is 25.9. The van der Waals surface area contributed by atoms with Crippen molar-refractivity contribution >= 4 is 59.7 Å². The van der Waals surface area contributed by atoms with Crippen LogP contribution in [0.15, 0.2) is 162 Å². The third-order valence-electron chi connectivity index (χ3n) is 9.52. The van der Waals surface area contributed by atoms with E-state index < -0.39 is 0 Å². The summed E-state index contributed by atoms with van der Waals surface area (Å²) in [6.45, 7) is 0. The first-order valence-corrected chi connectivity index (χ1v) is 17.1. The number of oxazole rings is 1. The Balaban J connectivity index is 1.06. The van der Waals surface area contributed by atoms with Crippen molar-refractivity contribution in [3.8, 4) is 33.7 Å². The fourth-order valence-corrected chi connectivity index (χ4v) is 8.41. The van der Waals surface area contributed by atoms with Gasteiger partial charge in [0.2, 0.25) is 5.89 Å². The molecule has 226 valence electrons. The number of hydrogen-bond acceptors (Lipinski definition) is 4. The van der Waals surface area contributed by atoms with Crippen LogP contribution in [0.2, 0.25) is 0 Å². The van der Waals surface area contributed by atoms with E-state index in [4.69, 9.17) is 9.40 Å². The highest BCUT2D eigenvalue weighted by atomic mass is 32.1. The van der Waals surface area contributed by atoms with E-state index in [1.54, 1.807) is 0 Å². The topological polar surface area (TPSA) is 29.3 Å². The molecule has 0 spiro atoms. The summed E-state index contributed by atoms with van der Waals surface area (Å²) in [5.41, 5.74) is 13.6. The molecule has 2 heterocycles. The maximum atomic E-state index is 6.25. The number of nitrogens with zero attached hydrogens (tertiary/aromatic N) is 2. The maximum absolute atomic E-state index is 6.25. The monoisotopic (exact) mass is 632 g/mol. The Morgan fingerprint density at radius 3 is 2.12 bits per heavy atom. The van der Waals surface area contributed by atoms with Crippen LogP contribution in [0.5, 0.6) is 0 Å². The normalized spacial score (nSPS) is 12.1. The molecule has 0 amide bonds. The minimum absolute atomic E-state index is 0.660. The molecule has 7 aromatic carbocycles. The van der Waals surface area contributed by atoms with Crippen molar-refractivity contribution in [3.63, 3.8) is 0 Å². The quantitative estimate of drug-likeness (QED) is 0.189. The molecule has 3 nitrogen and oxygen atoms in total. The van der Waals surface area contributed by atoms with E-state index in [0.29, 0.717) is 5.89 Å². The molecule has 0 saturated heterocycles. The molecule has 0 atom stereocenters. The van der Waals surface area contributed by atoms with Gasteiger partial charge in [0, 0.05) is 42.7 Å². The van der Waals surface area contributed by atoms with Crippen LogP contribution in [-0.4, -0.2) is 4.98 Å². The summed E-state index contributed by atoms with van der Waals surface area (Å²) in [7, 11) is 0. The molecule has 1 aliphatic rings. The molecular weight excluding hydrogens is 605 g/mol. The second kappa shape index (κ2) is 10.8. The van der Waals surface area contributed by atoms with Gasteiger partial charge in [-0.25, -0.2) is 4.98 Å². The average molecular weight is 633 g/mol. The van der Waals surface area contributed by atoms with Crippen molar-refractivity contribution in [1.82, 2.24) is 4.98 Å². The molecule has 48 heavy (non-hydrogen) atoms. The first kappa shape index (κ1) is 27.2. The highest BCUT2D eigenvalue weighted by molar-refractivity contribution is 7.26. The molecule has 0 saturated carbocycles. The van der Waals surface area contributed by atoms with Gasteiger partial charge in [0.05, 0.1) is 5.69 Å². The summed E-state index contributed by atoms with van der Waals surface area (Å²) in [6, 6.07) is 56.3. The second-order valence-corrected chi connectivity index (χ2v) is 13.4. The first-order chi connectivity index (χ1) is 23.8. The van der Waals surface area contributed by atoms with E-state index in [2.05, 4.69) is 132 Å². The standard InChI is InChI=1S/C44H28N2OS/c1-3-10-29(11-4-1)44-45-43-38(47-44)25-22-32-26-31-19-18-30(27-36(31)41(32)43)28-20-23-34(24-21-28)46(33-12-5-2-6-13-33)37-15-9-17-40-42(37)35-14-7-8-16-39(35)48-40/h1-25,27H,26H2. The fourth-order valence-electron chi connectivity index (χ4n) is 7.29. The van der Waals surface area contributed by atoms with Crippen LogP contribution >= 0.6 is 11.3 Å². The van der Waals surface area contributed by atoms with E-state index in [0.717, 1.165) is 34.5 Å². The Kier molecular flexibility index (Phi) is 6.11. The molecule has 0 unspecified atom stereocenters. The lowest BCUT2D eigenvalue weighted by Crippen LogP contribution is -2.10. The van der Waals surface area contributed by atoms with Gasteiger partial charge in [0.15, 0.2) is 5.58 Å². The minimum Gasteiger partial charge on any atom is -0.436 e. The minimum atomic E-state index is 0.660. The largest absolute Gasteiger partial charge is 0.436 e. The van der Waals surface area contributed by atoms with Crippen molar-refractivity contribution in [2.45, 2.75) is 6.42 Å². The van der Waals surface area contributed by atoms with Crippen LogP contribution in [0.4, 0.5) is 17.1 Å². The van der Waals surface area contributed by atoms with E-state index in [1.165, 1.54) is 59.2 Å². The van der Waals surface area contributed by atoms with Crippen LogP contribution in [0.25, 0.3) is 65.0 Å². The molecule has 0 radical (unpaired) electrons. The number of para-hydroxylation sites is 1.